The Morgan fingerprint density at radius 1 is 0.439 bits per heavy atom. The first-order valence-corrected chi connectivity index (χ1v) is 24.8. The second kappa shape index (κ2) is 16.9. The van der Waals surface area contributed by atoms with Gasteiger partial charge in [0, 0.05) is 69.5 Å². The minimum atomic E-state index is 0.924. The largest absolute Gasteiger partial charge is 0.354 e. The second-order valence-electron chi connectivity index (χ2n) is 14.3. The molecule has 0 amide bonds. The summed E-state index contributed by atoms with van der Waals surface area (Å²) in [6.07, 6.45) is 11.0. The number of halogens is 4. The molecule has 0 radical (unpaired) electrons. The highest BCUT2D eigenvalue weighted by atomic mass is 127. The van der Waals surface area contributed by atoms with E-state index in [0.29, 0.717) is 0 Å². The van der Waals surface area contributed by atoms with Crippen LogP contribution in [0.1, 0.15) is 55.8 Å². The van der Waals surface area contributed by atoms with Crippen LogP contribution in [0.25, 0.3) is 22.3 Å². The third-order valence-corrected chi connectivity index (χ3v) is 14.2. The highest BCUT2D eigenvalue weighted by Crippen LogP contribution is 2.38. The molecule has 1 N–H and O–H groups in total. The lowest BCUT2D eigenvalue weighted by molar-refractivity contribution is 0.907. The van der Waals surface area contributed by atoms with Crippen LogP contribution in [0, 0.1) is 0 Å². The Labute approximate surface area is 387 Å². The van der Waals surface area contributed by atoms with Crippen LogP contribution in [0.5, 0.6) is 0 Å². The fourth-order valence-electron chi connectivity index (χ4n) is 7.73. The highest BCUT2D eigenvalue weighted by Gasteiger charge is 2.24. The Balaban J connectivity index is 1.40. The number of allylic oxidation sites excluding steroid dienone is 4. The number of hydrogen-bond donors (Lipinski definition) is 1. The third-order valence-electron chi connectivity index (χ3n) is 10.7. The Hall–Kier alpha value is -3.60. The number of alkyl halides is 4. The number of benzene rings is 4. The van der Waals surface area contributed by atoms with Crippen molar-refractivity contribution in [2.45, 2.75) is 17.7 Å². The first-order valence-electron chi connectivity index (χ1n) is 18.7. The number of aromatic amines is 1. The van der Waals surface area contributed by atoms with Crippen molar-refractivity contribution in [3.8, 4) is 0 Å². The molecule has 3 aliphatic rings. The second-order valence-corrected chi connectivity index (χ2v) is 17.3. The van der Waals surface area contributed by atoms with Crippen LogP contribution in [-0.4, -0.2) is 21.0 Å². The zero-order chi connectivity index (χ0) is 39.0. The fourth-order valence-corrected chi connectivity index (χ4v) is 9.77. The van der Waals surface area contributed by atoms with Crippen LogP contribution in [0.4, 0.5) is 0 Å². The van der Waals surface area contributed by atoms with E-state index >= 15 is 0 Å². The van der Waals surface area contributed by atoms with E-state index in [1.807, 2.05) is 0 Å². The van der Waals surface area contributed by atoms with E-state index in [9.17, 15) is 0 Å². The van der Waals surface area contributed by atoms with Gasteiger partial charge in [0.1, 0.15) is 0 Å². The number of aliphatic imine (C=N–C) groups is 2. The molecule has 4 nitrogen and oxygen atoms in total. The van der Waals surface area contributed by atoms with Gasteiger partial charge in [-0.1, -0.05) is 187 Å². The van der Waals surface area contributed by atoms with E-state index in [0.717, 1.165) is 107 Å². The molecule has 0 fully saturated rings. The molecule has 280 valence electrons. The van der Waals surface area contributed by atoms with Gasteiger partial charge in [0.05, 0.1) is 28.5 Å². The Morgan fingerprint density at radius 2 is 0.807 bits per heavy atom. The number of fused-ring (bicyclic) bond motifs is 6. The van der Waals surface area contributed by atoms with Gasteiger partial charge in [0.25, 0.3) is 0 Å². The van der Waals surface area contributed by atoms with Crippen LogP contribution in [0.15, 0.2) is 167 Å². The summed E-state index contributed by atoms with van der Waals surface area (Å²) in [4.78, 5) is 14.9. The minimum absolute atomic E-state index is 0.924. The summed E-state index contributed by atoms with van der Waals surface area (Å²) in [5.74, 6) is 0. The third kappa shape index (κ3) is 7.71. The summed E-state index contributed by atoms with van der Waals surface area (Å²) < 4.78 is 6.08. The molecule has 4 aromatic carbocycles. The van der Waals surface area contributed by atoms with Crippen LogP contribution < -0.4 is 10.7 Å². The molecular weight excluding hydrogens is 1150 g/mol. The van der Waals surface area contributed by atoms with Gasteiger partial charge in [0.2, 0.25) is 0 Å². The summed E-state index contributed by atoms with van der Waals surface area (Å²) in [7, 11) is 2.15. The van der Waals surface area contributed by atoms with E-state index in [1.54, 1.807) is 0 Å². The van der Waals surface area contributed by atoms with Gasteiger partial charge in [-0.3, -0.25) is 0 Å². The van der Waals surface area contributed by atoms with Crippen molar-refractivity contribution in [2.24, 2.45) is 17.0 Å². The minimum Gasteiger partial charge on any atom is -0.354 e. The predicted molar refractivity (Wildman–Crippen MR) is 272 cm³/mol. The fraction of sp³-hybridized carbons (Fsp3) is 0.102. The van der Waals surface area contributed by atoms with Crippen molar-refractivity contribution >= 4 is 124 Å². The summed E-state index contributed by atoms with van der Waals surface area (Å²) in [5.41, 5.74) is 19.9. The maximum absolute atomic E-state index is 5.52. The summed E-state index contributed by atoms with van der Waals surface area (Å²) in [5, 5.41) is 2.02. The van der Waals surface area contributed by atoms with Gasteiger partial charge >= 0.3 is 0 Å². The lowest BCUT2D eigenvalue weighted by Crippen LogP contribution is -2.21. The Bertz CT molecular complexity index is 2840. The Morgan fingerprint density at radius 3 is 1.21 bits per heavy atom. The average molecular weight is 1190 g/mol. The van der Waals surface area contributed by atoms with Gasteiger partial charge in [-0.25, -0.2) is 9.98 Å². The van der Waals surface area contributed by atoms with Crippen molar-refractivity contribution < 1.29 is 0 Å². The number of nitrogens with one attached hydrogen (secondary N) is 1. The predicted octanol–water partition coefficient (Wildman–Crippen LogP) is 11.7. The highest BCUT2D eigenvalue weighted by molar-refractivity contribution is 14.1. The number of aryl methyl sites for hydroxylation is 1. The quantitative estimate of drug-likeness (QED) is 0.117. The van der Waals surface area contributed by atoms with Gasteiger partial charge in [-0.15, -0.1) is 0 Å². The zero-order valence-electron chi connectivity index (χ0n) is 31.0. The molecule has 57 heavy (non-hydrogen) atoms. The van der Waals surface area contributed by atoms with Crippen LogP contribution in [0.3, 0.4) is 0 Å². The number of nitrogens with zero attached hydrogens (tertiary/aromatic N) is 3. The van der Waals surface area contributed by atoms with Crippen molar-refractivity contribution in [2.75, 3.05) is 0 Å². The SMILES string of the molecule is Cn1cc2cc1C(c1ccc(CI)cc1)=C1C=CC(=N1)C(c1ccc(CI)cc1)=c1ccc([nH]1)=C(c1ccc(CI)cc1)C1=NC(=C2c2ccc(CI)cc2)C=C1. The van der Waals surface area contributed by atoms with Crippen molar-refractivity contribution in [3.63, 3.8) is 0 Å². The molecular formula is C49H36I4N4. The van der Waals surface area contributed by atoms with Crippen LogP contribution >= 0.6 is 90.4 Å². The summed E-state index contributed by atoms with van der Waals surface area (Å²) in [6, 6.07) is 42.5. The van der Waals surface area contributed by atoms with Crippen molar-refractivity contribution in [1.82, 2.24) is 9.55 Å². The summed E-state index contributed by atoms with van der Waals surface area (Å²) >= 11 is 9.73. The zero-order valence-corrected chi connectivity index (χ0v) is 39.7. The molecule has 2 aromatic heterocycles. The first-order chi connectivity index (χ1) is 27.9. The lowest BCUT2D eigenvalue weighted by atomic mass is 9.95. The Kier molecular flexibility index (Phi) is 11.6. The van der Waals surface area contributed by atoms with E-state index in [4.69, 9.17) is 9.98 Å². The lowest BCUT2D eigenvalue weighted by Gasteiger charge is -2.13. The molecule has 0 saturated heterocycles. The molecule has 8 heteroatoms. The van der Waals surface area contributed by atoms with Gasteiger partial charge in [-0.05, 0) is 87.0 Å². The molecule has 0 spiro atoms. The normalized spacial score (nSPS) is 14.9. The molecule has 0 atom stereocenters. The molecule has 0 saturated carbocycles. The molecule has 5 heterocycles. The molecule has 6 aromatic rings. The maximum atomic E-state index is 5.52. The van der Waals surface area contributed by atoms with Gasteiger partial charge in [-0.2, -0.15) is 0 Å². The van der Waals surface area contributed by atoms with E-state index in [1.165, 1.54) is 22.3 Å². The van der Waals surface area contributed by atoms with Crippen molar-refractivity contribution in [3.05, 3.63) is 224 Å². The molecule has 8 bridgehead atoms. The standard InChI is InChI=1S/C49H36I4N4/c1-57-29-38-24-45(57)49(37-16-8-33(28-53)9-17-37)44-23-22-43(56-44)48(36-14-6-32(27-52)7-15-36)42-21-20-41(55-42)47(35-12-4-31(26-51)5-13-35)40-19-18-39(54-40)46(38)34-10-2-30(25-50)3-11-34/h2-24,29,55H,25-28H2,1H3. The number of H-pyrrole nitrogens is 1. The van der Waals surface area contributed by atoms with E-state index in [-0.39, 0.29) is 0 Å². The molecule has 9 rings (SSSR count). The number of rotatable bonds is 8. The van der Waals surface area contributed by atoms with Crippen LogP contribution in [0.2, 0.25) is 0 Å². The van der Waals surface area contributed by atoms with Gasteiger partial charge in [0.15, 0.2) is 0 Å². The van der Waals surface area contributed by atoms with Gasteiger partial charge < -0.3 is 9.55 Å². The van der Waals surface area contributed by atoms with Crippen LogP contribution in [-0.2, 0) is 24.8 Å². The topological polar surface area (TPSA) is 45.4 Å². The average Bonchev–Trinajstić information content (AvgIpc) is 4.09. The maximum Gasteiger partial charge on any atom is 0.0737 e. The smallest absolute Gasteiger partial charge is 0.0737 e. The molecule has 0 aliphatic carbocycles. The molecule has 3 aliphatic heterocycles. The van der Waals surface area contributed by atoms with E-state index in [2.05, 4.69) is 253 Å². The molecule has 0 unspecified atom stereocenters. The summed E-state index contributed by atoms with van der Waals surface area (Å²) in [6.45, 7) is 0. The number of aromatic nitrogens is 2. The first kappa shape index (κ1) is 38.9. The van der Waals surface area contributed by atoms with Crippen molar-refractivity contribution in [1.29, 1.82) is 0 Å². The van der Waals surface area contributed by atoms with E-state index < -0.39 is 0 Å². The number of hydrogen-bond acceptors (Lipinski definition) is 2. The monoisotopic (exact) mass is 1190 g/mol.